The molecule has 0 saturated heterocycles. The maximum Gasteiger partial charge on any atom is 0.443 e. The number of aromatic amines is 1. The largest absolute Gasteiger partial charge is 0.443 e. The van der Waals surface area contributed by atoms with Gasteiger partial charge in [-0.25, -0.2) is 4.39 Å². The first-order valence-corrected chi connectivity index (χ1v) is 6.57. The van der Waals surface area contributed by atoms with Gasteiger partial charge in [0.15, 0.2) is 0 Å². The van der Waals surface area contributed by atoms with Crippen LogP contribution >= 0.6 is 0 Å². The molecule has 0 spiro atoms. The standard InChI is InChI=1S/C17H11F4N/c18-16(17(19,20)21)15(11-6-2-1-3-7-11)13-10-22-14-9-5-4-8-12(13)14/h1-10,22H/b16-15-. The quantitative estimate of drug-likeness (QED) is 0.605. The van der Waals surface area contributed by atoms with Crippen molar-refractivity contribution in [2.45, 2.75) is 6.18 Å². The molecule has 0 radical (unpaired) electrons. The molecular formula is C17H11F4N. The number of hydrogen-bond donors (Lipinski definition) is 1. The first-order chi connectivity index (χ1) is 10.5. The molecule has 0 aliphatic heterocycles. The Labute approximate surface area is 123 Å². The molecule has 0 aliphatic carbocycles. The first-order valence-electron chi connectivity index (χ1n) is 6.57. The van der Waals surface area contributed by atoms with Gasteiger partial charge in [0.05, 0.1) is 0 Å². The monoisotopic (exact) mass is 305 g/mol. The highest BCUT2D eigenvalue weighted by atomic mass is 19.4. The van der Waals surface area contributed by atoms with Crippen molar-refractivity contribution >= 4 is 16.5 Å². The van der Waals surface area contributed by atoms with E-state index in [0.29, 0.717) is 10.9 Å². The Morgan fingerprint density at radius 2 is 1.50 bits per heavy atom. The van der Waals surface area contributed by atoms with Crippen LogP contribution in [0, 0.1) is 0 Å². The van der Waals surface area contributed by atoms with Crippen LogP contribution < -0.4 is 0 Å². The Kier molecular flexibility index (Phi) is 3.48. The smallest absolute Gasteiger partial charge is 0.361 e. The van der Waals surface area contributed by atoms with Gasteiger partial charge in [0.1, 0.15) is 0 Å². The number of fused-ring (bicyclic) bond motifs is 1. The molecule has 0 fully saturated rings. The van der Waals surface area contributed by atoms with Crippen LogP contribution in [-0.2, 0) is 0 Å². The lowest BCUT2D eigenvalue weighted by Crippen LogP contribution is -2.11. The van der Waals surface area contributed by atoms with Gasteiger partial charge in [0, 0.05) is 28.2 Å². The van der Waals surface area contributed by atoms with Crippen molar-refractivity contribution in [3.8, 4) is 0 Å². The summed E-state index contributed by atoms with van der Waals surface area (Å²) in [6.45, 7) is 0. The molecule has 5 heteroatoms. The fourth-order valence-electron chi connectivity index (χ4n) is 2.43. The summed E-state index contributed by atoms with van der Waals surface area (Å²) in [5, 5.41) is 0.542. The Bertz CT molecular complexity index is 828. The molecule has 0 amide bonds. The zero-order valence-corrected chi connectivity index (χ0v) is 11.3. The van der Waals surface area contributed by atoms with Crippen molar-refractivity contribution in [1.82, 2.24) is 4.98 Å². The summed E-state index contributed by atoms with van der Waals surface area (Å²) >= 11 is 0. The summed E-state index contributed by atoms with van der Waals surface area (Å²) in [6, 6.07) is 14.6. The van der Waals surface area contributed by atoms with E-state index in [1.54, 1.807) is 42.5 Å². The van der Waals surface area contributed by atoms with Crippen LogP contribution in [0.2, 0.25) is 0 Å². The Balaban J connectivity index is 2.32. The molecule has 22 heavy (non-hydrogen) atoms. The second-order valence-corrected chi connectivity index (χ2v) is 4.80. The van der Waals surface area contributed by atoms with Gasteiger partial charge in [-0.15, -0.1) is 0 Å². The third-order valence-corrected chi connectivity index (χ3v) is 3.39. The van der Waals surface area contributed by atoms with Crippen LogP contribution in [0.15, 0.2) is 66.6 Å². The van der Waals surface area contributed by atoms with E-state index in [9.17, 15) is 17.6 Å². The lowest BCUT2D eigenvalue weighted by molar-refractivity contribution is -0.107. The highest BCUT2D eigenvalue weighted by Gasteiger charge is 2.38. The summed E-state index contributed by atoms with van der Waals surface area (Å²) in [6.07, 6.45) is -3.64. The second kappa shape index (κ2) is 5.33. The van der Waals surface area contributed by atoms with E-state index in [-0.39, 0.29) is 11.1 Å². The maximum atomic E-state index is 14.1. The predicted molar refractivity (Wildman–Crippen MR) is 77.9 cm³/mol. The van der Waals surface area contributed by atoms with Crippen LogP contribution in [0.5, 0.6) is 0 Å². The molecule has 0 bridgehead atoms. The predicted octanol–water partition coefficient (Wildman–Crippen LogP) is 5.46. The number of allylic oxidation sites excluding steroid dienone is 1. The maximum absolute atomic E-state index is 14.1. The normalized spacial score (nSPS) is 13.3. The number of H-pyrrole nitrogens is 1. The molecule has 1 nitrogen and oxygen atoms in total. The number of rotatable bonds is 2. The highest BCUT2D eigenvalue weighted by Crippen LogP contribution is 2.39. The van der Waals surface area contributed by atoms with Crippen LogP contribution in [-0.4, -0.2) is 11.2 Å². The van der Waals surface area contributed by atoms with E-state index < -0.39 is 17.6 Å². The van der Waals surface area contributed by atoms with Crippen molar-refractivity contribution in [2.24, 2.45) is 0 Å². The fraction of sp³-hybridized carbons (Fsp3) is 0.0588. The Hall–Kier alpha value is -2.56. The number of aromatic nitrogens is 1. The second-order valence-electron chi connectivity index (χ2n) is 4.80. The molecule has 1 aromatic heterocycles. The third-order valence-electron chi connectivity index (χ3n) is 3.39. The third kappa shape index (κ3) is 2.50. The van der Waals surface area contributed by atoms with Gasteiger partial charge < -0.3 is 4.98 Å². The first kappa shape index (κ1) is 14.4. The van der Waals surface area contributed by atoms with Crippen molar-refractivity contribution in [1.29, 1.82) is 0 Å². The Morgan fingerprint density at radius 1 is 0.864 bits per heavy atom. The van der Waals surface area contributed by atoms with Gasteiger partial charge in [0.25, 0.3) is 0 Å². The summed E-state index contributed by atoms with van der Waals surface area (Å²) in [7, 11) is 0. The van der Waals surface area contributed by atoms with Crippen LogP contribution in [0.25, 0.3) is 16.5 Å². The number of nitrogens with one attached hydrogen (secondary N) is 1. The summed E-state index contributed by atoms with van der Waals surface area (Å²) in [5.74, 6) is -2.09. The lowest BCUT2D eigenvalue weighted by atomic mass is 9.96. The van der Waals surface area contributed by atoms with E-state index in [1.165, 1.54) is 18.3 Å². The average Bonchev–Trinajstić information content (AvgIpc) is 2.92. The minimum absolute atomic E-state index is 0.182. The molecule has 0 saturated carbocycles. The molecule has 1 N–H and O–H groups in total. The van der Waals surface area contributed by atoms with Gasteiger partial charge in [-0.1, -0.05) is 48.5 Å². The SMILES string of the molecule is F/C(=C(/c1ccccc1)c1c[nH]c2ccccc12)C(F)(F)F. The Morgan fingerprint density at radius 3 is 2.18 bits per heavy atom. The van der Waals surface area contributed by atoms with E-state index in [4.69, 9.17) is 0 Å². The molecule has 2 aromatic carbocycles. The van der Waals surface area contributed by atoms with E-state index in [2.05, 4.69) is 4.98 Å². The summed E-state index contributed by atoms with van der Waals surface area (Å²) in [5.41, 5.74) is 0.574. The number of halogens is 4. The average molecular weight is 305 g/mol. The zero-order valence-electron chi connectivity index (χ0n) is 11.3. The molecule has 0 unspecified atom stereocenters. The zero-order chi connectivity index (χ0) is 15.7. The van der Waals surface area contributed by atoms with Crippen molar-refractivity contribution in [2.75, 3.05) is 0 Å². The number of benzene rings is 2. The van der Waals surface area contributed by atoms with E-state index in [1.807, 2.05) is 0 Å². The molecular weight excluding hydrogens is 294 g/mol. The fourth-order valence-corrected chi connectivity index (χ4v) is 2.43. The van der Waals surface area contributed by atoms with Crippen LogP contribution in [0.4, 0.5) is 17.6 Å². The molecule has 3 aromatic rings. The van der Waals surface area contributed by atoms with Gasteiger partial charge in [-0.3, -0.25) is 0 Å². The number of hydrogen-bond acceptors (Lipinski definition) is 0. The number of alkyl halides is 3. The molecule has 0 atom stereocenters. The van der Waals surface area contributed by atoms with E-state index in [0.717, 1.165) is 0 Å². The van der Waals surface area contributed by atoms with Crippen LogP contribution in [0.1, 0.15) is 11.1 Å². The minimum atomic E-state index is -5.04. The highest BCUT2D eigenvalue weighted by molar-refractivity contribution is 5.97. The topological polar surface area (TPSA) is 15.8 Å². The molecule has 1 heterocycles. The van der Waals surface area contributed by atoms with Gasteiger partial charge in [-0.05, 0) is 11.6 Å². The minimum Gasteiger partial charge on any atom is -0.361 e. The molecule has 0 aliphatic rings. The van der Waals surface area contributed by atoms with Crippen molar-refractivity contribution in [3.05, 3.63) is 77.7 Å². The van der Waals surface area contributed by atoms with Crippen molar-refractivity contribution < 1.29 is 17.6 Å². The van der Waals surface area contributed by atoms with E-state index >= 15 is 0 Å². The van der Waals surface area contributed by atoms with Crippen molar-refractivity contribution in [3.63, 3.8) is 0 Å². The van der Waals surface area contributed by atoms with Gasteiger partial charge in [-0.2, -0.15) is 13.2 Å². The lowest BCUT2D eigenvalue weighted by Gasteiger charge is -2.12. The van der Waals surface area contributed by atoms with Gasteiger partial charge in [0.2, 0.25) is 5.83 Å². The summed E-state index contributed by atoms with van der Waals surface area (Å²) < 4.78 is 52.9. The molecule has 112 valence electrons. The van der Waals surface area contributed by atoms with Gasteiger partial charge >= 0.3 is 6.18 Å². The molecule has 3 rings (SSSR count). The van der Waals surface area contributed by atoms with Crippen LogP contribution in [0.3, 0.4) is 0 Å². The number of para-hydroxylation sites is 1. The summed E-state index contributed by atoms with van der Waals surface area (Å²) in [4.78, 5) is 2.88.